The van der Waals surface area contributed by atoms with Gasteiger partial charge in [0.25, 0.3) is 0 Å². The Morgan fingerprint density at radius 2 is 1.91 bits per heavy atom. The molecule has 0 radical (unpaired) electrons. The Morgan fingerprint density at radius 3 is 2.62 bits per heavy atom. The van der Waals surface area contributed by atoms with Gasteiger partial charge in [-0.2, -0.15) is 0 Å². The molecule has 2 aliphatic heterocycles. The molecule has 9 heteroatoms. The first-order valence-electron chi connectivity index (χ1n) is 11.4. The SMILES string of the molecule is COC(=O)[C@@H]1CCN(C(=O)[C@H]2CC[C@H](Nc3cc(C4CCC(=O)NC4=O)ccn3)CC2)C1. The van der Waals surface area contributed by atoms with Crippen LogP contribution in [0, 0.1) is 11.8 Å². The van der Waals surface area contributed by atoms with Crippen molar-refractivity contribution in [3.8, 4) is 0 Å². The van der Waals surface area contributed by atoms with E-state index in [1.165, 1.54) is 7.11 Å². The zero-order chi connectivity index (χ0) is 22.7. The van der Waals surface area contributed by atoms with Gasteiger partial charge in [0.2, 0.25) is 17.7 Å². The van der Waals surface area contributed by atoms with Gasteiger partial charge in [0.15, 0.2) is 0 Å². The molecule has 3 amide bonds. The fourth-order valence-electron chi connectivity index (χ4n) is 5.03. The third-order valence-electron chi connectivity index (χ3n) is 6.89. The zero-order valence-electron chi connectivity index (χ0n) is 18.3. The molecule has 3 heterocycles. The van der Waals surface area contributed by atoms with E-state index < -0.39 is 0 Å². The molecule has 1 aromatic rings. The molecular formula is C23H30N4O5. The summed E-state index contributed by atoms with van der Waals surface area (Å²) in [6.07, 6.45) is 6.51. The predicted molar refractivity (Wildman–Crippen MR) is 115 cm³/mol. The molecule has 0 bridgehead atoms. The maximum Gasteiger partial charge on any atom is 0.310 e. The molecule has 1 aliphatic carbocycles. The summed E-state index contributed by atoms with van der Waals surface area (Å²) in [5, 5.41) is 5.85. The first-order valence-corrected chi connectivity index (χ1v) is 11.4. The first kappa shape index (κ1) is 22.2. The number of methoxy groups -OCH3 is 1. The second-order valence-electron chi connectivity index (χ2n) is 8.96. The Bertz CT molecular complexity index is 896. The van der Waals surface area contributed by atoms with Crippen LogP contribution in [-0.4, -0.2) is 59.8 Å². The first-order chi connectivity index (χ1) is 15.4. The molecule has 9 nitrogen and oxygen atoms in total. The van der Waals surface area contributed by atoms with Crippen molar-refractivity contribution in [2.75, 3.05) is 25.5 Å². The number of pyridine rings is 1. The summed E-state index contributed by atoms with van der Waals surface area (Å²) >= 11 is 0. The molecule has 1 saturated carbocycles. The van der Waals surface area contributed by atoms with E-state index in [1.807, 2.05) is 17.0 Å². The van der Waals surface area contributed by atoms with Crippen LogP contribution in [0.2, 0.25) is 0 Å². The minimum absolute atomic E-state index is 0.00721. The summed E-state index contributed by atoms with van der Waals surface area (Å²) in [6, 6.07) is 3.91. The zero-order valence-corrected chi connectivity index (χ0v) is 18.3. The van der Waals surface area contributed by atoms with Crippen LogP contribution in [0.15, 0.2) is 18.3 Å². The monoisotopic (exact) mass is 442 g/mol. The fraction of sp³-hybridized carbons (Fsp3) is 0.609. The Morgan fingerprint density at radius 1 is 1.12 bits per heavy atom. The van der Waals surface area contributed by atoms with E-state index in [9.17, 15) is 19.2 Å². The number of amides is 3. The lowest BCUT2D eigenvalue weighted by Gasteiger charge is -2.31. The van der Waals surface area contributed by atoms with E-state index in [1.54, 1.807) is 6.20 Å². The van der Waals surface area contributed by atoms with Crippen LogP contribution < -0.4 is 10.6 Å². The summed E-state index contributed by atoms with van der Waals surface area (Å²) in [5.41, 5.74) is 0.852. The predicted octanol–water partition coefficient (Wildman–Crippen LogP) is 1.59. The van der Waals surface area contributed by atoms with Crippen molar-refractivity contribution < 1.29 is 23.9 Å². The highest BCUT2D eigenvalue weighted by atomic mass is 16.5. The maximum absolute atomic E-state index is 12.9. The van der Waals surface area contributed by atoms with Crippen LogP contribution in [-0.2, 0) is 23.9 Å². The van der Waals surface area contributed by atoms with Gasteiger partial charge >= 0.3 is 5.97 Å². The van der Waals surface area contributed by atoms with Crippen LogP contribution in [0.25, 0.3) is 0 Å². The standard InChI is InChI=1S/C23H30N4O5/c1-32-23(31)16-9-11-27(13-16)22(30)14-2-4-17(5-3-14)25-19-12-15(8-10-24-19)18-6-7-20(28)26-21(18)29/h8,10,12,14,16-18H,2-7,9,11,13H2,1H3,(H,24,25)(H,26,28,29)/t14-,16-,17-,18?/m1/s1. The third kappa shape index (κ3) is 4.92. The smallest absolute Gasteiger partial charge is 0.310 e. The number of piperidine rings is 1. The van der Waals surface area contributed by atoms with E-state index in [4.69, 9.17) is 4.74 Å². The largest absolute Gasteiger partial charge is 0.469 e. The van der Waals surface area contributed by atoms with Gasteiger partial charge in [-0.05, 0) is 56.2 Å². The number of likely N-dealkylation sites (tertiary alicyclic amines) is 1. The average Bonchev–Trinajstić information content (AvgIpc) is 3.29. The van der Waals surface area contributed by atoms with Gasteiger partial charge in [-0.1, -0.05) is 0 Å². The molecule has 172 valence electrons. The van der Waals surface area contributed by atoms with Crippen LogP contribution in [0.5, 0.6) is 0 Å². The van der Waals surface area contributed by atoms with Crippen LogP contribution in [0.1, 0.15) is 56.4 Å². The number of carbonyl (C=O) groups is 4. The summed E-state index contributed by atoms with van der Waals surface area (Å²) in [7, 11) is 1.39. The number of hydrogen-bond donors (Lipinski definition) is 2. The Hall–Kier alpha value is -2.97. The number of carbonyl (C=O) groups excluding carboxylic acids is 4. The number of anilines is 1. The minimum Gasteiger partial charge on any atom is -0.469 e. The Kier molecular flexibility index (Phi) is 6.72. The number of imide groups is 1. The second-order valence-corrected chi connectivity index (χ2v) is 8.96. The molecule has 32 heavy (non-hydrogen) atoms. The number of nitrogens with zero attached hydrogens (tertiary/aromatic N) is 2. The number of hydrogen-bond acceptors (Lipinski definition) is 7. The molecular weight excluding hydrogens is 412 g/mol. The second kappa shape index (κ2) is 9.67. The van der Waals surface area contributed by atoms with Crippen molar-refractivity contribution in [1.82, 2.24) is 15.2 Å². The highest BCUT2D eigenvalue weighted by Gasteiger charge is 2.36. The summed E-state index contributed by atoms with van der Waals surface area (Å²) in [6.45, 7) is 1.08. The molecule has 2 saturated heterocycles. The van der Waals surface area contributed by atoms with Crippen molar-refractivity contribution >= 4 is 29.5 Å². The van der Waals surface area contributed by atoms with Gasteiger partial charge in [-0.25, -0.2) is 4.98 Å². The van der Waals surface area contributed by atoms with Crippen molar-refractivity contribution in [1.29, 1.82) is 0 Å². The molecule has 1 aromatic heterocycles. The molecule has 2 atom stereocenters. The lowest BCUT2D eigenvalue weighted by atomic mass is 9.85. The Labute approximate surface area is 187 Å². The average molecular weight is 443 g/mol. The van der Waals surface area contributed by atoms with Crippen molar-refractivity contribution in [2.45, 2.75) is 56.9 Å². The topological polar surface area (TPSA) is 118 Å². The maximum atomic E-state index is 12.9. The number of rotatable bonds is 5. The van der Waals surface area contributed by atoms with Gasteiger partial charge in [0.05, 0.1) is 18.9 Å². The van der Waals surface area contributed by atoms with Gasteiger partial charge in [0, 0.05) is 37.7 Å². The fourth-order valence-corrected chi connectivity index (χ4v) is 5.03. The number of aromatic nitrogens is 1. The summed E-state index contributed by atoms with van der Waals surface area (Å²) < 4.78 is 4.81. The number of nitrogens with one attached hydrogen (secondary N) is 2. The van der Waals surface area contributed by atoms with Gasteiger partial charge in [0.1, 0.15) is 5.82 Å². The minimum atomic E-state index is -0.334. The van der Waals surface area contributed by atoms with Gasteiger partial charge in [-0.15, -0.1) is 0 Å². The van der Waals surface area contributed by atoms with E-state index >= 15 is 0 Å². The number of esters is 1. The normalized spacial score (nSPS) is 28.2. The van der Waals surface area contributed by atoms with E-state index in [0.717, 1.165) is 31.2 Å². The van der Waals surface area contributed by atoms with Crippen molar-refractivity contribution in [2.24, 2.45) is 11.8 Å². The third-order valence-corrected chi connectivity index (χ3v) is 6.89. The molecule has 3 aliphatic rings. The summed E-state index contributed by atoms with van der Waals surface area (Å²) in [4.78, 5) is 54.3. The molecule has 1 unspecified atom stereocenters. The van der Waals surface area contributed by atoms with Crippen LogP contribution in [0.4, 0.5) is 5.82 Å². The highest BCUT2D eigenvalue weighted by Crippen LogP contribution is 2.31. The Balaban J connectivity index is 1.28. The molecule has 4 rings (SSSR count). The summed E-state index contributed by atoms with van der Waals surface area (Å²) in [5.74, 6) is -0.403. The van der Waals surface area contributed by atoms with E-state index in [-0.39, 0.29) is 47.5 Å². The van der Waals surface area contributed by atoms with E-state index in [2.05, 4.69) is 15.6 Å². The quantitative estimate of drug-likeness (QED) is 0.525. The van der Waals surface area contributed by atoms with Crippen LogP contribution >= 0.6 is 0 Å². The lowest BCUT2D eigenvalue weighted by molar-refractivity contribution is -0.145. The number of ether oxygens (including phenoxy) is 1. The van der Waals surface area contributed by atoms with Crippen molar-refractivity contribution in [3.05, 3.63) is 23.9 Å². The van der Waals surface area contributed by atoms with E-state index in [0.29, 0.717) is 38.2 Å². The highest BCUT2D eigenvalue weighted by molar-refractivity contribution is 6.01. The van der Waals surface area contributed by atoms with Gasteiger partial charge < -0.3 is 15.0 Å². The molecule has 0 aromatic carbocycles. The molecule has 0 spiro atoms. The molecule has 2 N–H and O–H groups in total. The van der Waals surface area contributed by atoms with Crippen LogP contribution in [0.3, 0.4) is 0 Å². The lowest BCUT2D eigenvalue weighted by Crippen LogP contribution is -2.39. The van der Waals surface area contributed by atoms with Crippen molar-refractivity contribution in [3.63, 3.8) is 0 Å². The molecule has 3 fully saturated rings. The van der Waals surface area contributed by atoms with Gasteiger partial charge in [-0.3, -0.25) is 24.5 Å².